The SMILES string of the molecule is COc1ccc(/C=N/N(C(N)=O)c2ccccc2)cc1OC. The molecule has 2 aromatic carbocycles. The standard InChI is InChI=1S/C16H17N3O3/c1-21-14-9-8-12(10-15(14)22-2)11-18-19(16(17)20)13-6-4-3-5-7-13/h3-11H,1-2H3,(H2,17,20)/b18-11+. The Hall–Kier alpha value is -3.02. The van der Waals surface area contributed by atoms with Gasteiger partial charge in [-0.3, -0.25) is 0 Å². The molecular formula is C16H17N3O3. The molecule has 0 saturated carbocycles. The van der Waals surface area contributed by atoms with Gasteiger partial charge in [-0.15, -0.1) is 0 Å². The normalized spacial score (nSPS) is 10.5. The number of amides is 2. The van der Waals surface area contributed by atoms with Gasteiger partial charge in [0.05, 0.1) is 26.1 Å². The van der Waals surface area contributed by atoms with Crippen molar-refractivity contribution in [1.29, 1.82) is 0 Å². The second-order valence-corrected chi connectivity index (χ2v) is 4.34. The number of methoxy groups -OCH3 is 2. The first kappa shape index (κ1) is 15.4. The number of ether oxygens (including phenoxy) is 2. The quantitative estimate of drug-likeness (QED) is 0.681. The van der Waals surface area contributed by atoms with Crippen molar-refractivity contribution in [2.75, 3.05) is 19.2 Å². The van der Waals surface area contributed by atoms with Crippen LogP contribution in [-0.2, 0) is 0 Å². The minimum atomic E-state index is -0.664. The topological polar surface area (TPSA) is 77.1 Å². The number of hydrazone groups is 1. The molecule has 0 aliphatic carbocycles. The van der Waals surface area contributed by atoms with Crippen molar-refractivity contribution in [1.82, 2.24) is 0 Å². The van der Waals surface area contributed by atoms with E-state index in [0.29, 0.717) is 17.2 Å². The highest BCUT2D eigenvalue weighted by molar-refractivity contribution is 5.93. The molecule has 114 valence electrons. The zero-order valence-electron chi connectivity index (χ0n) is 12.4. The van der Waals surface area contributed by atoms with Crippen LogP contribution in [0.25, 0.3) is 0 Å². The highest BCUT2D eigenvalue weighted by Gasteiger charge is 2.10. The summed E-state index contributed by atoms with van der Waals surface area (Å²) in [7, 11) is 3.12. The van der Waals surface area contributed by atoms with E-state index in [1.54, 1.807) is 56.7 Å². The summed E-state index contributed by atoms with van der Waals surface area (Å²) in [5, 5.41) is 5.25. The molecule has 0 radical (unpaired) electrons. The Balaban J connectivity index is 2.27. The molecule has 0 bridgehead atoms. The summed E-state index contributed by atoms with van der Waals surface area (Å²) < 4.78 is 10.4. The van der Waals surface area contributed by atoms with E-state index in [-0.39, 0.29) is 0 Å². The van der Waals surface area contributed by atoms with E-state index in [2.05, 4.69) is 5.10 Å². The number of para-hydroxylation sites is 1. The number of hydrogen-bond donors (Lipinski definition) is 1. The summed E-state index contributed by atoms with van der Waals surface area (Å²) in [6.45, 7) is 0. The molecule has 0 spiro atoms. The van der Waals surface area contributed by atoms with E-state index in [1.165, 1.54) is 6.21 Å². The molecule has 2 aromatic rings. The Labute approximate surface area is 128 Å². The van der Waals surface area contributed by atoms with Crippen molar-refractivity contribution >= 4 is 17.9 Å². The lowest BCUT2D eigenvalue weighted by atomic mass is 10.2. The monoisotopic (exact) mass is 299 g/mol. The molecule has 0 aromatic heterocycles. The third-order valence-electron chi connectivity index (χ3n) is 2.94. The largest absolute Gasteiger partial charge is 0.493 e. The summed E-state index contributed by atoms with van der Waals surface area (Å²) in [6, 6.07) is 13.6. The Bertz CT molecular complexity index is 672. The van der Waals surface area contributed by atoms with Crippen LogP contribution in [0.1, 0.15) is 5.56 Å². The Kier molecular flexibility index (Phi) is 4.98. The average Bonchev–Trinajstić information content (AvgIpc) is 2.55. The van der Waals surface area contributed by atoms with Gasteiger partial charge < -0.3 is 15.2 Å². The highest BCUT2D eigenvalue weighted by Crippen LogP contribution is 2.27. The van der Waals surface area contributed by atoms with Gasteiger partial charge in [0.25, 0.3) is 0 Å². The highest BCUT2D eigenvalue weighted by atomic mass is 16.5. The van der Waals surface area contributed by atoms with Crippen LogP contribution in [-0.4, -0.2) is 26.5 Å². The zero-order chi connectivity index (χ0) is 15.9. The number of anilines is 1. The van der Waals surface area contributed by atoms with Gasteiger partial charge in [0.15, 0.2) is 11.5 Å². The van der Waals surface area contributed by atoms with Gasteiger partial charge in [0, 0.05) is 0 Å². The van der Waals surface area contributed by atoms with Crippen LogP contribution in [0, 0.1) is 0 Å². The smallest absolute Gasteiger partial charge is 0.340 e. The van der Waals surface area contributed by atoms with Gasteiger partial charge in [-0.1, -0.05) is 18.2 Å². The third-order valence-corrected chi connectivity index (χ3v) is 2.94. The summed E-state index contributed by atoms with van der Waals surface area (Å²) in [6.07, 6.45) is 1.53. The molecule has 0 aliphatic heterocycles. The van der Waals surface area contributed by atoms with Gasteiger partial charge in [0.2, 0.25) is 0 Å². The summed E-state index contributed by atoms with van der Waals surface area (Å²) >= 11 is 0. The van der Waals surface area contributed by atoms with Gasteiger partial charge >= 0.3 is 6.03 Å². The molecule has 0 saturated heterocycles. The molecule has 0 unspecified atom stereocenters. The van der Waals surface area contributed by atoms with Crippen molar-refractivity contribution in [2.24, 2.45) is 10.8 Å². The van der Waals surface area contributed by atoms with Crippen LogP contribution in [0.15, 0.2) is 53.6 Å². The minimum absolute atomic E-state index is 0.580. The van der Waals surface area contributed by atoms with Crippen LogP contribution in [0.4, 0.5) is 10.5 Å². The molecule has 0 heterocycles. The van der Waals surface area contributed by atoms with Crippen molar-refractivity contribution in [2.45, 2.75) is 0 Å². The fraction of sp³-hybridized carbons (Fsp3) is 0.125. The fourth-order valence-corrected chi connectivity index (χ4v) is 1.88. The molecule has 0 fully saturated rings. The molecule has 2 N–H and O–H groups in total. The second kappa shape index (κ2) is 7.12. The van der Waals surface area contributed by atoms with Crippen LogP contribution in [0.3, 0.4) is 0 Å². The van der Waals surface area contributed by atoms with Crippen LogP contribution < -0.4 is 20.2 Å². The van der Waals surface area contributed by atoms with E-state index in [9.17, 15) is 4.79 Å². The van der Waals surface area contributed by atoms with Gasteiger partial charge in [-0.25, -0.2) is 4.79 Å². The van der Waals surface area contributed by atoms with Crippen molar-refractivity contribution in [3.05, 3.63) is 54.1 Å². The Morgan fingerprint density at radius 3 is 2.36 bits per heavy atom. The Morgan fingerprint density at radius 1 is 1.09 bits per heavy atom. The van der Waals surface area contributed by atoms with Crippen molar-refractivity contribution < 1.29 is 14.3 Å². The number of benzene rings is 2. The first-order chi connectivity index (χ1) is 10.7. The molecule has 22 heavy (non-hydrogen) atoms. The predicted octanol–water partition coefficient (Wildman–Crippen LogP) is 2.62. The zero-order valence-corrected chi connectivity index (χ0v) is 12.4. The lowest BCUT2D eigenvalue weighted by Crippen LogP contribution is -2.31. The molecular weight excluding hydrogens is 282 g/mol. The molecule has 2 amide bonds. The molecule has 6 nitrogen and oxygen atoms in total. The average molecular weight is 299 g/mol. The summed E-state index contributed by atoms with van der Waals surface area (Å²) in [4.78, 5) is 11.5. The number of rotatable bonds is 5. The van der Waals surface area contributed by atoms with E-state index < -0.39 is 6.03 Å². The number of nitrogens with two attached hydrogens (primary N) is 1. The lowest BCUT2D eigenvalue weighted by Gasteiger charge is -2.14. The van der Waals surface area contributed by atoms with Gasteiger partial charge in [-0.05, 0) is 35.9 Å². The van der Waals surface area contributed by atoms with Crippen molar-refractivity contribution in [3.8, 4) is 11.5 Å². The minimum Gasteiger partial charge on any atom is -0.493 e. The number of carbonyl (C=O) groups is 1. The maximum Gasteiger partial charge on any atom is 0.340 e. The maximum absolute atomic E-state index is 11.5. The van der Waals surface area contributed by atoms with E-state index in [4.69, 9.17) is 15.2 Å². The molecule has 6 heteroatoms. The molecule has 2 rings (SSSR count). The summed E-state index contributed by atoms with van der Waals surface area (Å²) in [5.74, 6) is 1.20. The molecule has 0 atom stereocenters. The van der Waals surface area contributed by atoms with Crippen molar-refractivity contribution in [3.63, 3.8) is 0 Å². The Morgan fingerprint density at radius 2 is 1.77 bits per heavy atom. The first-order valence-corrected chi connectivity index (χ1v) is 6.56. The number of hydrogen-bond acceptors (Lipinski definition) is 4. The fourth-order valence-electron chi connectivity index (χ4n) is 1.88. The molecule has 0 aliphatic rings. The number of primary amides is 1. The van der Waals surface area contributed by atoms with Gasteiger partial charge in [-0.2, -0.15) is 10.1 Å². The third kappa shape index (κ3) is 3.54. The maximum atomic E-state index is 11.5. The number of nitrogens with zero attached hydrogens (tertiary/aromatic N) is 2. The lowest BCUT2D eigenvalue weighted by molar-refractivity contribution is 0.254. The van der Waals surface area contributed by atoms with Crippen LogP contribution in [0.2, 0.25) is 0 Å². The number of urea groups is 1. The van der Waals surface area contributed by atoms with E-state index in [1.807, 2.05) is 6.07 Å². The first-order valence-electron chi connectivity index (χ1n) is 6.56. The summed E-state index contributed by atoms with van der Waals surface area (Å²) in [5.41, 5.74) is 6.70. The second-order valence-electron chi connectivity index (χ2n) is 4.34. The van der Waals surface area contributed by atoms with E-state index in [0.717, 1.165) is 10.6 Å². The predicted molar refractivity (Wildman–Crippen MR) is 85.6 cm³/mol. The van der Waals surface area contributed by atoms with Gasteiger partial charge in [0.1, 0.15) is 0 Å². The van der Waals surface area contributed by atoms with Crippen LogP contribution in [0.5, 0.6) is 11.5 Å². The number of carbonyl (C=O) groups excluding carboxylic acids is 1. The van der Waals surface area contributed by atoms with E-state index >= 15 is 0 Å². The van der Waals surface area contributed by atoms with Crippen LogP contribution >= 0.6 is 0 Å².